The number of hydrogen-bond donors (Lipinski definition) is 2. The van der Waals surface area contributed by atoms with Crippen LogP contribution in [0.2, 0.25) is 0 Å². The third-order valence-corrected chi connectivity index (χ3v) is 3.32. The molecule has 1 aromatic rings. The molecule has 21 heavy (non-hydrogen) atoms. The Labute approximate surface area is 123 Å². The second-order valence-electron chi connectivity index (χ2n) is 5.40. The van der Waals surface area contributed by atoms with E-state index in [0.29, 0.717) is 6.61 Å². The van der Waals surface area contributed by atoms with Crippen molar-refractivity contribution < 1.29 is 14.9 Å². The highest BCUT2D eigenvalue weighted by atomic mass is 16.6. The quantitative estimate of drug-likeness (QED) is 0.191. The molecule has 0 amide bonds. The topological polar surface area (TPSA) is 111 Å². The van der Waals surface area contributed by atoms with Crippen molar-refractivity contribution in [2.45, 2.75) is 33.1 Å². The Kier molecular flexibility index (Phi) is 5.95. The molecular formula is C14H21N3O4. The van der Waals surface area contributed by atoms with E-state index in [0.717, 1.165) is 19.3 Å². The van der Waals surface area contributed by atoms with Crippen LogP contribution in [0.25, 0.3) is 0 Å². The number of oxime groups is 1. The van der Waals surface area contributed by atoms with Gasteiger partial charge >= 0.3 is 5.69 Å². The maximum atomic E-state index is 10.8. The highest BCUT2D eigenvalue weighted by molar-refractivity contribution is 5.85. The number of benzene rings is 1. The van der Waals surface area contributed by atoms with Crippen molar-refractivity contribution in [3.8, 4) is 5.75 Å². The van der Waals surface area contributed by atoms with Crippen molar-refractivity contribution in [1.29, 1.82) is 0 Å². The first kappa shape index (κ1) is 16.7. The number of nitro groups is 1. The summed E-state index contributed by atoms with van der Waals surface area (Å²) < 4.78 is 5.45. The molecule has 0 saturated carbocycles. The molecule has 0 bridgehead atoms. The summed E-state index contributed by atoms with van der Waals surface area (Å²) in [5.74, 6) is 0.473. The molecule has 0 unspecified atom stereocenters. The minimum atomic E-state index is -0.461. The van der Waals surface area contributed by atoms with Gasteiger partial charge in [0.2, 0.25) is 0 Å². The van der Waals surface area contributed by atoms with Crippen LogP contribution in [0.15, 0.2) is 29.4 Å². The fourth-order valence-corrected chi connectivity index (χ4v) is 1.84. The Morgan fingerprint density at radius 1 is 1.43 bits per heavy atom. The van der Waals surface area contributed by atoms with E-state index in [1.165, 1.54) is 6.07 Å². The van der Waals surface area contributed by atoms with E-state index >= 15 is 0 Å². The fourth-order valence-electron chi connectivity index (χ4n) is 1.84. The number of nitrogens with zero attached hydrogens (tertiary/aromatic N) is 2. The predicted octanol–water partition coefficient (Wildman–Crippen LogP) is 2.92. The van der Waals surface area contributed by atoms with E-state index in [9.17, 15) is 10.1 Å². The molecule has 0 spiro atoms. The van der Waals surface area contributed by atoms with Gasteiger partial charge in [0.15, 0.2) is 5.75 Å². The number of rotatable bonds is 8. The van der Waals surface area contributed by atoms with Crippen LogP contribution in [0.4, 0.5) is 5.69 Å². The monoisotopic (exact) mass is 295 g/mol. The number of unbranched alkanes of at least 4 members (excludes halogenated alkanes) is 1. The van der Waals surface area contributed by atoms with Crippen LogP contribution in [0.3, 0.4) is 0 Å². The van der Waals surface area contributed by atoms with E-state index in [2.05, 4.69) is 5.16 Å². The summed E-state index contributed by atoms with van der Waals surface area (Å²) in [6, 6.07) is 6.30. The lowest BCUT2D eigenvalue weighted by Gasteiger charge is -2.22. The molecule has 0 aliphatic heterocycles. The molecule has 0 aliphatic carbocycles. The first-order valence-electron chi connectivity index (χ1n) is 6.72. The molecule has 0 fully saturated rings. The average Bonchev–Trinajstić information content (AvgIpc) is 2.46. The third kappa shape index (κ3) is 4.94. The molecule has 0 aliphatic rings. The van der Waals surface area contributed by atoms with Crippen LogP contribution in [0.1, 0.15) is 33.1 Å². The zero-order valence-electron chi connectivity index (χ0n) is 12.3. The summed E-state index contributed by atoms with van der Waals surface area (Å²) in [6.45, 7) is 4.17. The first-order chi connectivity index (χ1) is 9.88. The van der Waals surface area contributed by atoms with E-state index < -0.39 is 4.92 Å². The Morgan fingerprint density at radius 3 is 2.71 bits per heavy atom. The van der Waals surface area contributed by atoms with Crippen LogP contribution in [-0.4, -0.2) is 22.6 Å². The van der Waals surface area contributed by atoms with Crippen molar-refractivity contribution in [1.82, 2.24) is 0 Å². The molecule has 7 nitrogen and oxygen atoms in total. The number of para-hydroxylation sites is 2. The van der Waals surface area contributed by atoms with Gasteiger partial charge < -0.3 is 15.7 Å². The molecule has 116 valence electrons. The summed E-state index contributed by atoms with van der Waals surface area (Å²) in [7, 11) is 0. The zero-order valence-corrected chi connectivity index (χ0v) is 12.3. The van der Waals surface area contributed by atoms with Crippen LogP contribution in [0, 0.1) is 15.5 Å². The van der Waals surface area contributed by atoms with Gasteiger partial charge in [0.25, 0.3) is 0 Å². The van der Waals surface area contributed by atoms with Crippen molar-refractivity contribution in [2.24, 2.45) is 16.3 Å². The second kappa shape index (κ2) is 7.47. The summed E-state index contributed by atoms with van der Waals surface area (Å²) in [4.78, 5) is 10.4. The number of ether oxygens (including phenoxy) is 1. The van der Waals surface area contributed by atoms with Gasteiger partial charge in [0, 0.05) is 11.5 Å². The van der Waals surface area contributed by atoms with Gasteiger partial charge in [-0.15, -0.1) is 0 Å². The van der Waals surface area contributed by atoms with Crippen LogP contribution in [0.5, 0.6) is 5.75 Å². The zero-order chi connectivity index (χ0) is 15.9. The smallest absolute Gasteiger partial charge is 0.310 e. The van der Waals surface area contributed by atoms with E-state index in [4.69, 9.17) is 15.7 Å². The van der Waals surface area contributed by atoms with E-state index in [1.54, 1.807) is 18.2 Å². The molecule has 1 aromatic carbocycles. The van der Waals surface area contributed by atoms with Gasteiger partial charge in [-0.2, -0.15) is 0 Å². The Morgan fingerprint density at radius 2 is 2.10 bits per heavy atom. The molecule has 0 atom stereocenters. The molecule has 1 rings (SSSR count). The van der Waals surface area contributed by atoms with Crippen LogP contribution >= 0.6 is 0 Å². The van der Waals surface area contributed by atoms with E-state index in [-0.39, 0.29) is 22.7 Å². The lowest BCUT2D eigenvalue weighted by molar-refractivity contribution is -0.385. The van der Waals surface area contributed by atoms with Gasteiger partial charge in [-0.1, -0.05) is 31.1 Å². The molecule has 3 N–H and O–H groups in total. The first-order valence-corrected chi connectivity index (χ1v) is 6.72. The number of nitrogens with two attached hydrogens (primary N) is 1. The fraction of sp³-hybridized carbons (Fsp3) is 0.500. The summed E-state index contributed by atoms with van der Waals surface area (Å²) in [6.07, 6.45) is 2.28. The Balaban J connectivity index is 2.41. The molecule has 0 radical (unpaired) electrons. The van der Waals surface area contributed by atoms with Gasteiger partial charge in [0.05, 0.1) is 11.5 Å². The Hall–Kier alpha value is -2.31. The third-order valence-electron chi connectivity index (χ3n) is 3.32. The second-order valence-corrected chi connectivity index (χ2v) is 5.40. The van der Waals surface area contributed by atoms with Gasteiger partial charge in [-0.25, -0.2) is 0 Å². The Bertz CT molecular complexity index is 515. The van der Waals surface area contributed by atoms with Gasteiger partial charge in [0.1, 0.15) is 5.84 Å². The summed E-state index contributed by atoms with van der Waals surface area (Å²) in [5.41, 5.74) is 5.19. The predicted molar refractivity (Wildman–Crippen MR) is 79.6 cm³/mol. The van der Waals surface area contributed by atoms with Crippen LogP contribution in [-0.2, 0) is 0 Å². The van der Waals surface area contributed by atoms with Crippen molar-refractivity contribution in [3.05, 3.63) is 34.4 Å². The summed E-state index contributed by atoms with van der Waals surface area (Å²) >= 11 is 0. The number of nitro benzene ring substituents is 1. The van der Waals surface area contributed by atoms with Crippen LogP contribution < -0.4 is 10.5 Å². The highest BCUT2D eigenvalue weighted by Gasteiger charge is 2.22. The highest BCUT2D eigenvalue weighted by Crippen LogP contribution is 2.27. The minimum absolute atomic E-state index is 0.0329. The lowest BCUT2D eigenvalue weighted by atomic mass is 9.86. The van der Waals surface area contributed by atoms with Crippen molar-refractivity contribution in [3.63, 3.8) is 0 Å². The summed E-state index contributed by atoms with van der Waals surface area (Å²) in [5, 5.41) is 22.5. The minimum Gasteiger partial charge on any atom is -0.487 e. The SMILES string of the molecule is CC(C)(CCCCOc1ccccc1[N+](=O)[O-])/C(N)=N/O. The number of hydrogen-bond acceptors (Lipinski definition) is 5. The van der Waals surface area contributed by atoms with Gasteiger partial charge in [-0.3, -0.25) is 10.1 Å². The molecule has 0 heterocycles. The maximum absolute atomic E-state index is 10.8. The molecular weight excluding hydrogens is 274 g/mol. The molecule has 7 heteroatoms. The van der Waals surface area contributed by atoms with Crippen molar-refractivity contribution >= 4 is 11.5 Å². The largest absolute Gasteiger partial charge is 0.487 e. The standard InChI is InChI=1S/C14H21N3O4/c1-14(2,13(15)16-18)9-5-6-10-21-12-8-4-3-7-11(12)17(19)20/h3-4,7-8,18H,5-6,9-10H2,1-2H3,(H2,15,16). The average molecular weight is 295 g/mol. The number of amidine groups is 1. The van der Waals surface area contributed by atoms with E-state index in [1.807, 2.05) is 13.8 Å². The van der Waals surface area contributed by atoms with Crippen molar-refractivity contribution in [2.75, 3.05) is 6.61 Å². The van der Waals surface area contributed by atoms with Gasteiger partial charge in [-0.05, 0) is 25.3 Å². The molecule has 0 aromatic heterocycles. The molecule has 0 saturated heterocycles. The maximum Gasteiger partial charge on any atom is 0.310 e. The lowest BCUT2D eigenvalue weighted by Crippen LogP contribution is -2.31. The normalized spacial score (nSPS) is 12.2.